The Morgan fingerprint density at radius 3 is 1.44 bits per heavy atom. The van der Waals surface area contributed by atoms with E-state index in [9.17, 15) is 0 Å². The Kier molecular flexibility index (Phi) is 8.53. The van der Waals surface area contributed by atoms with Crippen LogP contribution in [0.4, 0.5) is 34.1 Å². The van der Waals surface area contributed by atoms with Gasteiger partial charge in [0.25, 0.3) is 0 Å². The van der Waals surface area contributed by atoms with E-state index in [4.69, 9.17) is 0 Å². The molecule has 2 nitrogen and oxygen atoms in total. The minimum absolute atomic E-state index is 1.11. The first-order valence-electron chi connectivity index (χ1n) is 21.3. The summed E-state index contributed by atoms with van der Waals surface area (Å²) in [6, 6.07) is 88.5. The topological polar surface area (TPSA) is 6.48 Å². The van der Waals surface area contributed by atoms with Crippen LogP contribution in [0.2, 0.25) is 0 Å². The minimum Gasteiger partial charge on any atom is -0.310 e. The zero-order valence-electron chi connectivity index (χ0n) is 34.0. The molecular weight excluding hydrogens is 749 g/mol. The average Bonchev–Trinajstić information content (AvgIpc) is 3.35. The molecule has 0 aliphatic rings. The lowest BCUT2D eigenvalue weighted by atomic mass is 9.90. The van der Waals surface area contributed by atoms with Crippen molar-refractivity contribution in [3.8, 4) is 11.1 Å². The molecule has 290 valence electrons. The van der Waals surface area contributed by atoms with Crippen LogP contribution in [0.1, 0.15) is 0 Å². The van der Waals surface area contributed by atoms with Gasteiger partial charge in [0.15, 0.2) is 0 Å². The number of hydrogen-bond acceptors (Lipinski definition) is 2. The van der Waals surface area contributed by atoms with Crippen molar-refractivity contribution in [1.29, 1.82) is 0 Å². The SMILES string of the molecule is c1ccc(-c2ccccc2N(c2ccccc2)c2ccc3c(ccc4c5ccc(N(c6ccccc6)c6ccc7c(ccc8ccccc87)c6)cc5c5ccccc5c34)c2)cc1. The molecule has 12 aromatic carbocycles. The second kappa shape index (κ2) is 14.8. The third-order valence-corrected chi connectivity index (χ3v) is 12.5. The van der Waals surface area contributed by atoms with Crippen LogP contribution in [0.25, 0.3) is 75.8 Å². The van der Waals surface area contributed by atoms with Gasteiger partial charge in [0.2, 0.25) is 0 Å². The van der Waals surface area contributed by atoms with Crippen LogP contribution < -0.4 is 9.80 Å². The Morgan fingerprint density at radius 1 is 0.226 bits per heavy atom. The second-order valence-electron chi connectivity index (χ2n) is 16.1. The highest BCUT2D eigenvalue weighted by molar-refractivity contribution is 6.32. The monoisotopic (exact) mass is 788 g/mol. The van der Waals surface area contributed by atoms with Crippen molar-refractivity contribution in [2.75, 3.05) is 9.80 Å². The molecule has 0 aromatic heterocycles. The largest absolute Gasteiger partial charge is 0.310 e. The third kappa shape index (κ3) is 5.96. The number of fused-ring (bicyclic) bond motifs is 11. The van der Waals surface area contributed by atoms with Gasteiger partial charge in [-0.05, 0) is 137 Å². The molecule has 0 radical (unpaired) electrons. The second-order valence-corrected chi connectivity index (χ2v) is 16.1. The number of benzene rings is 12. The van der Waals surface area contributed by atoms with E-state index < -0.39 is 0 Å². The minimum atomic E-state index is 1.11. The maximum absolute atomic E-state index is 2.39. The molecule has 0 saturated carbocycles. The van der Waals surface area contributed by atoms with Crippen LogP contribution in [0, 0.1) is 0 Å². The molecule has 62 heavy (non-hydrogen) atoms. The van der Waals surface area contributed by atoms with Gasteiger partial charge in [0.05, 0.1) is 5.69 Å². The summed E-state index contributed by atoms with van der Waals surface area (Å²) in [7, 11) is 0. The molecule has 0 bridgehead atoms. The van der Waals surface area contributed by atoms with Crippen LogP contribution >= 0.6 is 0 Å². The number of nitrogens with zero attached hydrogens (tertiary/aromatic N) is 2. The zero-order chi connectivity index (χ0) is 41.0. The Morgan fingerprint density at radius 2 is 0.677 bits per heavy atom. The Balaban J connectivity index is 1.03. The van der Waals surface area contributed by atoms with Crippen molar-refractivity contribution < 1.29 is 0 Å². The van der Waals surface area contributed by atoms with Crippen molar-refractivity contribution in [2.45, 2.75) is 0 Å². The van der Waals surface area contributed by atoms with Gasteiger partial charge in [-0.3, -0.25) is 0 Å². The van der Waals surface area contributed by atoms with Gasteiger partial charge in [-0.15, -0.1) is 0 Å². The molecule has 2 heteroatoms. The van der Waals surface area contributed by atoms with Gasteiger partial charge in [-0.1, -0.05) is 176 Å². The molecule has 12 aromatic rings. The summed E-state index contributed by atoms with van der Waals surface area (Å²) in [5, 5.41) is 15.0. The van der Waals surface area contributed by atoms with Gasteiger partial charge in [-0.25, -0.2) is 0 Å². The fraction of sp³-hybridized carbons (Fsp3) is 0. The first kappa shape index (κ1) is 35.7. The molecule has 0 fully saturated rings. The van der Waals surface area contributed by atoms with Crippen molar-refractivity contribution in [2.24, 2.45) is 0 Å². The van der Waals surface area contributed by atoms with E-state index in [2.05, 4.69) is 252 Å². The predicted octanol–water partition coefficient (Wildman–Crippen LogP) is 17.2. The highest BCUT2D eigenvalue weighted by atomic mass is 15.1. The zero-order valence-corrected chi connectivity index (χ0v) is 34.0. The van der Waals surface area contributed by atoms with Crippen molar-refractivity contribution in [3.05, 3.63) is 243 Å². The van der Waals surface area contributed by atoms with Gasteiger partial charge >= 0.3 is 0 Å². The smallest absolute Gasteiger partial charge is 0.0540 e. The van der Waals surface area contributed by atoms with E-state index in [1.165, 1.54) is 75.8 Å². The van der Waals surface area contributed by atoms with E-state index in [0.29, 0.717) is 0 Å². The lowest BCUT2D eigenvalue weighted by Gasteiger charge is -2.28. The molecule has 0 unspecified atom stereocenters. The summed E-state index contributed by atoms with van der Waals surface area (Å²) in [6.07, 6.45) is 0. The van der Waals surface area contributed by atoms with Crippen LogP contribution in [-0.4, -0.2) is 0 Å². The first-order chi connectivity index (χ1) is 30.8. The number of anilines is 6. The van der Waals surface area contributed by atoms with Gasteiger partial charge in [-0.2, -0.15) is 0 Å². The van der Waals surface area contributed by atoms with Gasteiger partial charge in [0.1, 0.15) is 0 Å². The normalized spacial score (nSPS) is 11.5. The summed E-state index contributed by atoms with van der Waals surface area (Å²) >= 11 is 0. The van der Waals surface area contributed by atoms with Gasteiger partial charge < -0.3 is 9.80 Å². The van der Waals surface area contributed by atoms with E-state index in [-0.39, 0.29) is 0 Å². The van der Waals surface area contributed by atoms with E-state index in [1.807, 2.05) is 0 Å². The Labute approximate surface area is 360 Å². The molecule has 0 N–H and O–H groups in total. The molecule has 0 amide bonds. The van der Waals surface area contributed by atoms with E-state index in [0.717, 1.165) is 34.1 Å². The standard InChI is InChI=1S/C60H40N2/c1-4-16-41(17-5-1)52-24-14-15-27-59(52)62(46-21-8-3-9-22-46)48-32-36-53-44(39-48)30-34-57-55-37-33-49(40-58(55)54-25-12-13-26-56(54)60(53)57)61(45-19-6-2-7-20-45)47-31-35-51-43(38-47)29-28-42-18-10-11-23-50(42)51/h1-40H. The summed E-state index contributed by atoms with van der Waals surface area (Å²) in [5.41, 5.74) is 9.11. The van der Waals surface area contributed by atoms with Crippen molar-refractivity contribution >= 4 is 98.8 Å². The molecule has 0 heterocycles. The quantitative estimate of drug-likeness (QED) is 0.148. The first-order valence-corrected chi connectivity index (χ1v) is 21.3. The summed E-state index contributed by atoms with van der Waals surface area (Å²) in [6.45, 7) is 0. The number of hydrogen-bond donors (Lipinski definition) is 0. The summed E-state index contributed by atoms with van der Waals surface area (Å²) in [4.78, 5) is 4.78. The number of para-hydroxylation sites is 3. The molecule has 0 saturated heterocycles. The molecule has 0 spiro atoms. The lowest BCUT2D eigenvalue weighted by Crippen LogP contribution is -2.11. The maximum Gasteiger partial charge on any atom is 0.0540 e. The molecule has 0 aliphatic carbocycles. The van der Waals surface area contributed by atoms with Crippen molar-refractivity contribution in [3.63, 3.8) is 0 Å². The highest BCUT2D eigenvalue weighted by Crippen LogP contribution is 2.46. The molecule has 0 aliphatic heterocycles. The molecular formula is C60H40N2. The van der Waals surface area contributed by atoms with E-state index in [1.54, 1.807) is 0 Å². The van der Waals surface area contributed by atoms with Crippen LogP contribution in [0.3, 0.4) is 0 Å². The number of rotatable bonds is 7. The van der Waals surface area contributed by atoms with Crippen molar-refractivity contribution in [1.82, 2.24) is 0 Å². The predicted molar refractivity (Wildman–Crippen MR) is 266 cm³/mol. The highest BCUT2D eigenvalue weighted by Gasteiger charge is 2.20. The average molecular weight is 789 g/mol. The lowest BCUT2D eigenvalue weighted by molar-refractivity contribution is 1.29. The summed E-state index contributed by atoms with van der Waals surface area (Å²) < 4.78 is 0. The van der Waals surface area contributed by atoms with Crippen LogP contribution in [-0.2, 0) is 0 Å². The van der Waals surface area contributed by atoms with Crippen LogP contribution in [0.15, 0.2) is 243 Å². The van der Waals surface area contributed by atoms with Gasteiger partial charge in [0, 0.05) is 34.0 Å². The third-order valence-electron chi connectivity index (χ3n) is 12.5. The van der Waals surface area contributed by atoms with Crippen LogP contribution in [0.5, 0.6) is 0 Å². The Bertz CT molecular complexity index is 3620. The summed E-state index contributed by atoms with van der Waals surface area (Å²) in [5.74, 6) is 0. The molecule has 12 rings (SSSR count). The fourth-order valence-electron chi connectivity index (χ4n) is 9.73. The molecule has 0 atom stereocenters. The maximum atomic E-state index is 2.39. The van der Waals surface area contributed by atoms with E-state index >= 15 is 0 Å². The Hall–Kier alpha value is -8.20. The fourth-order valence-corrected chi connectivity index (χ4v) is 9.73.